The average Bonchev–Trinajstić information content (AvgIpc) is 2.74. The first-order chi connectivity index (χ1) is 14.5. The Balaban J connectivity index is 1.92. The molecule has 4 nitrogen and oxygen atoms in total. The molecule has 1 heterocycles. The second kappa shape index (κ2) is 10.7. The van der Waals surface area contributed by atoms with Crippen LogP contribution in [0.2, 0.25) is 5.02 Å². The zero-order chi connectivity index (χ0) is 21.5. The monoisotopic (exact) mass is 492 g/mol. The number of fused-ring (bicyclic) bond motifs is 1. The highest BCUT2D eigenvalue weighted by Gasteiger charge is 2.17. The number of nitrogens with zero attached hydrogens (tertiary/aromatic N) is 1. The summed E-state index contributed by atoms with van der Waals surface area (Å²) in [6.07, 6.45) is 5.56. The second-order valence-electron chi connectivity index (χ2n) is 7.13. The summed E-state index contributed by atoms with van der Waals surface area (Å²) in [5, 5.41) is 3.86. The van der Waals surface area contributed by atoms with Gasteiger partial charge in [-0.1, -0.05) is 70.7 Å². The lowest BCUT2D eigenvalue weighted by molar-refractivity contribution is 0.0951. The van der Waals surface area contributed by atoms with Gasteiger partial charge in [-0.25, -0.2) is 4.39 Å². The number of alkyl halides is 1. The number of unbranched alkanes of at least 4 members (excludes halogenated alkanes) is 3. The van der Waals surface area contributed by atoms with E-state index in [2.05, 4.69) is 21.2 Å². The molecule has 0 radical (unpaired) electrons. The number of carbonyl (C=O) groups is 1. The van der Waals surface area contributed by atoms with Crippen molar-refractivity contribution in [2.45, 2.75) is 32.2 Å². The molecule has 158 valence electrons. The zero-order valence-electron chi connectivity index (χ0n) is 16.5. The third kappa shape index (κ3) is 5.49. The lowest BCUT2D eigenvalue weighted by Crippen LogP contribution is -2.30. The van der Waals surface area contributed by atoms with Gasteiger partial charge in [0.1, 0.15) is 11.4 Å². The molecule has 1 aromatic heterocycles. The van der Waals surface area contributed by atoms with E-state index in [1.165, 1.54) is 12.3 Å². The molecule has 0 unspecified atom stereocenters. The van der Waals surface area contributed by atoms with E-state index in [9.17, 15) is 14.0 Å². The molecule has 0 saturated heterocycles. The molecule has 30 heavy (non-hydrogen) atoms. The van der Waals surface area contributed by atoms with Crippen LogP contribution in [0, 0.1) is 5.82 Å². The molecule has 0 spiro atoms. The van der Waals surface area contributed by atoms with Crippen LogP contribution < -0.4 is 10.7 Å². The summed E-state index contributed by atoms with van der Waals surface area (Å²) in [7, 11) is 0. The van der Waals surface area contributed by atoms with Gasteiger partial charge in [0.25, 0.3) is 5.91 Å². The number of hydrogen-bond donors (Lipinski definition) is 1. The van der Waals surface area contributed by atoms with Crippen LogP contribution in [0.25, 0.3) is 10.9 Å². The molecule has 1 N–H and O–H groups in total. The van der Waals surface area contributed by atoms with Gasteiger partial charge in [0, 0.05) is 30.0 Å². The Kier molecular flexibility index (Phi) is 8.05. The molecule has 7 heteroatoms. The van der Waals surface area contributed by atoms with Crippen LogP contribution in [0.5, 0.6) is 0 Å². The number of nitrogens with one attached hydrogen (secondary N) is 1. The Morgan fingerprint density at radius 2 is 1.83 bits per heavy atom. The Hall–Kier alpha value is -2.18. The van der Waals surface area contributed by atoms with Crippen molar-refractivity contribution in [3.05, 3.63) is 80.9 Å². The van der Waals surface area contributed by atoms with E-state index < -0.39 is 17.2 Å². The average molecular weight is 494 g/mol. The molecule has 0 aliphatic rings. The van der Waals surface area contributed by atoms with Gasteiger partial charge in [0.05, 0.1) is 10.5 Å². The van der Waals surface area contributed by atoms with Crippen LogP contribution >= 0.6 is 27.5 Å². The predicted molar refractivity (Wildman–Crippen MR) is 123 cm³/mol. The molecule has 1 amide bonds. The SMILES string of the molecule is O=C(NCCCCCCBr)c1cn(Cc2ccccc2)c2cc(Cl)c(F)cc2c1=O. The van der Waals surface area contributed by atoms with E-state index in [0.717, 1.165) is 42.6 Å². The van der Waals surface area contributed by atoms with Gasteiger partial charge < -0.3 is 9.88 Å². The Morgan fingerprint density at radius 1 is 1.10 bits per heavy atom. The maximum Gasteiger partial charge on any atom is 0.256 e. The van der Waals surface area contributed by atoms with Gasteiger partial charge in [0.2, 0.25) is 5.43 Å². The maximum absolute atomic E-state index is 14.1. The predicted octanol–water partition coefficient (Wildman–Crippen LogP) is 5.53. The van der Waals surface area contributed by atoms with E-state index in [0.29, 0.717) is 18.6 Å². The van der Waals surface area contributed by atoms with Crippen molar-refractivity contribution in [1.82, 2.24) is 9.88 Å². The molecular weight excluding hydrogens is 471 g/mol. The molecule has 3 aromatic rings. The Bertz CT molecular complexity index is 1090. The largest absolute Gasteiger partial charge is 0.352 e. The van der Waals surface area contributed by atoms with Crippen LogP contribution in [0.3, 0.4) is 0 Å². The van der Waals surface area contributed by atoms with Crippen molar-refractivity contribution in [1.29, 1.82) is 0 Å². The van der Waals surface area contributed by atoms with Gasteiger partial charge in [-0.15, -0.1) is 0 Å². The van der Waals surface area contributed by atoms with Crippen molar-refractivity contribution < 1.29 is 9.18 Å². The minimum Gasteiger partial charge on any atom is -0.352 e. The van der Waals surface area contributed by atoms with Crippen molar-refractivity contribution in [2.75, 3.05) is 11.9 Å². The van der Waals surface area contributed by atoms with E-state index in [4.69, 9.17) is 11.6 Å². The number of hydrogen-bond acceptors (Lipinski definition) is 2. The highest BCUT2D eigenvalue weighted by molar-refractivity contribution is 9.09. The minimum absolute atomic E-state index is 0.000566. The summed E-state index contributed by atoms with van der Waals surface area (Å²) in [6.45, 7) is 0.915. The van der Waals surface area contributed by atoms with E-state index in [1.54, 1.807) is 4.57 Å². The smallest absolute Gasteiger partial charge is 0.256 e. The van der Waals surface area contributed by atoms with E-state index >= 15 is 0 Å². The quantitative estimate of drug-likeness (QED) is 0.315. The summed E-state index contributed by atoms with van der Waals surface area (Å²) in [5.41, 5.74) is 0.977. The number of aromatic nitrogens is 1. The summed E-state index contributed by atoms with van der Waals surface area (Å²) in [4.78, 5) is 25.6. The second-order valence-corrected chi connectivity index (χ2v) is 8.33. The number of amides is 1. The van der Waals surface area contributed by atoms with Gasteiger partial charge >= 0.3 is 0 Å². The topological polar surface area (TPSA) is 51.1 Å². The minimum atomic E-state index is -0.683. The Morgan fingerprint density at radius 3 is 2.57 bits per heavy atom. The first kappa shape index (κ1) is 22.5. The molecule has 0 fully saturated rings. The number of halogens is 3. The highest BCUT2D eigenvalue weighted by Crippen LogP contribution is 2.22. The molecule has 0 atom stereocenters. The molecular formula is C23H23BrClFN2O2. The fourth-order valence-corrected chi connectivity index (χ4v) is 3.88. The molecule has 0 bridgehead atoms. The van der Waals surface area contributed by atoms with Crippen LogP contribution in [-0.4, -0.2) is 22.3 Å². The summed E-state index contributed by atoms with van der Waals surface area (Å²) >= 11 is 9.36. The van der Waals surface area contributed by atoms with Crippen LogP contribution in [0.1, 0.15) is 41.6 Å². The van der Waals surface area contributed by atoms with Crippen LogP contribution in [0.15, 0.2) is 53.5 Å². The number of pyridine rings is 1. The molecule has 0 aliphatic carbocycles. The fraction of sp³-hybridized carbons (Fsp3) is 0.304. The fourth-order valence-electron chi connectivity index (χ4n) is 3.33. The Labute approximate surface area is 188 Å². The molecule has 2 aromatic carbocycles. The van der Waals surface area contributed by atoms with E-state index in [-0.39, 0.29) is 16.0 Å². The summed E-state index contributed by atoms with van der Waals surface area (Å²) in [5.74, 6) is -1.13. The number of rotatable bonds is 9. The van der Waals surface area contributed by atoms with Crippen molar-refractivity contribution >= 4 is 44.3 Å². The van der Waals surface area contributed by atoms with Gasteiger partial charge in [-0.3, -0.25) is 9.59 Å². The number of benzene rings is 2. The molecule has 0 aliphatic heterocycles. The summed E-state index contributed by atoms with van der Waals surface area (Å²) < 4.78 is 15.9. The third-order valence-corrected chi connectivity index (χ3v) is 5.76. The van der Waals surface area contributed by atoms with Gasteiger partial charge in [-0.05, 0) is 30.5 Å². The van der Waals surface area contributed by atoms with Crippen LogP contribution in [-0.2, 0) is 6.54 Å². The zero-order valence-corrected chi connectivity index (χ0v) is 18.8. The van der Waals surface area contributed by atoms with E-state index in [1.807, 2.05) is 30.3 Å². The first-order valence-corrected chi connectivity index (χ1v) is 11.4. The van der Waals surface area contributed by atoms with Crippen molar-refractivity contribution in [3.8, 4) is 0 Å². The summed E-state index contributed by atoms with van der Waals surface area (Å²) in [6, 6.07) is 12.2. The molecule has 3 rings (SSSR count). The van der Waals surface area contributed by atoms with Crippen molar-refractivity contribution in [2.24, 2.45) is 0 Å². The molecule has 0 saturated carbocycles. The first-order valence-electron chi connectivity index (χ1n) is 9.91. The third-order valence-electron chi connectivity index (χ3n) is 4.91. The van der Waals surface area contributed by atoms with Crippen LogP contribution in [0.4, 0.5) is 4.39 Å². The van der Waals surface area contributed by atoms with Gasteiger partial charge in [-0.2, -0.15) is 0 Å². The maximum atomic E-state index is 14.1. The lowest BCUT2D eigenvalue weighted by Gasteiger charge is -2.14. The standard InChI is InChI=1S/C23H23BrClFN2O2/c24-10-6-1-2-7-11-27-23(30)18-15-28(14-16-8-4-3-5-9-16)21-13-19(25)20(26)12-17(21)22(18)29/h3-5,8-9,12-13,15H,1-2,6-7,10-11,14H2,(H,27,30). The van der Waals surface area contributed by atoms with Crippen molar-refractivity contribution in [3.63, 3.8) is 0 Å². The normalized spacial score (nSPS) is 11.0. The number of carbonyl (C=O) groups excluding carboxylic acids is 1. The highest BCUT2D eigenvalue weighted by atomic mass is 79.9. The van der Waals surface area contributed by atoms with Gasteiger partial charge in [0.15, 0.2) is 0 Å². The lowest BCUT2D eigenvalue weighted by atomic mass is 10.1.